The highest BCUT2D eigenvalue weighted by Gasteiger charge is 2.43. The van der Waals surface area contributed by atoms with Crippen molar-refractivity contribution in [3.8, 4) is 0 Å². The van der Waals surface area contributed by atoms with E-state index >= 15 is 0 Å². The van der Waals surface area contributed by atoms with Gasteiger partial charge in [0.25, 0.3) is 0 Å². The first-order valence-electron chi connectivity index (χ1n) is 7.30. The molecule has 2 N–H and O–H groups in total. The van der Waals surface area contributed by atoms with E-state index in [1.807, 2.05) is 11.0 Å². The Labute approximate surface area is 117 Å². The zero-order valence-electron chi connectivity index (χ0n) is 11.3. The molecule has 1 saturated heterocycles. The quantitative estimate of drug-likeness (QED) is 0.877. The SMILES string of the molecule is O=C1C(CCO)C[C@@H]2c3[nH]c4ccccc4c3CCN12. The second-order valence-corrected chi connectivity index (χ2v) is 5.81. The maximum Gasteiger partial charge on any atom is 0.226 e. The Bertz CT molecular complexity index is 676. The van der Waals surface area contributed by atoms with E-state index < -0.39 is 0 Å². The van der Waals surface area contributed by atoms with Gasteiger partial charge in [-0.05, 0) is 30.9 Å². The van der Waals surface area contributed by atoms with Crippen LogP contribution in [0.3, 0.4) is 0 Å². The molecule has 4 rings (SSSR count). The van der Waals surface area contributed by atoms with Crippen molar-refractivity contribution in [3.63, 3.8) is 0 Å². The van der Waals surface area contributed by atoms with E-state index in [9.17, 15) is 4.79 Å². The van der Waals surface area contributed by atoms with Crippen LogP contribution in [0, 0.1) is 5.92 Å². The topological polar surface area (TPSA) is 56.3 Å². The van der Waals surface area contributed by atoms with Gasteiger partial charge in [-0.1, -0.05) is 18.2 Å². The summed E-state index contributed by atoms with van der Waals surface area (Å²) in [6.07, 6.45) is 2.34. The fourth-order valence-corrected chi connectivity index (χ4v) is 3.83. The van der Waals surface area contributed by atoms with Crippen LogP contribution in [0.1, 0.15) is 30.1 Å². The number of aromatic amines is 1. The van der Waals surface area contributed by atoms with Crippen LogP contribution >= 0.6 is 0 Å². The summed E-state index contributed by atoms with van der Waals surface area (Å²) in [5, 5.41) is 10.4. The van der Waals surface area contributed by atoms with E-state index in [0.717, 1.165) is 24.9 Å². The highest BCUT2D eigenvalue weighted by atomic mass is 16.3. The summed E-state index contributed by atoms with van der Waals surface area (Å²) in [6.45, 7) is 0.900. The van der Waals surface area contributed by atoms with Gasteiger partial charge in [0.05, 0.1) is 6.04 Å². The van der Waals surface area contributed by atoms with Gasteiger partial charge < -0.3 is 15.0 Å². The number of benzene rings is 1. The summed E-state index contributed by atoms with van der Waals surface area (Å²) in [5.74, 6) is 0.204. The predicted octanol–water partition coefficient (Wildman–Crippen LogP) is 2.00. The minimum Gasteiger partial charge on any atom is -0.396 e. The molecule has 104 valence electrons. The first-order chi connectivity index (χ1) is 9.79. The Morgan fingerprint density at radius 2 is 2.20 bits per heavy atom. The number of aliphatic hydroxyl groups is 1. The van der Waals surface area contributed by atoms with Gasteiger partial charge in [0.2, 0.25) is 5.91 Å². The van der Waals surface area contributed by atoms with E-state index in [0.29, 0.717) is 6.42 Å². The third kappa shape index (κ3) is 1.54. The van der Waals surface area contributed by atoms with Gasteiger partial charge in [0.15, 0.2) is 0 Å². The summed E-state index contributed by atoms with van der Waals surface area (Å²) in [6, 6.07) is 8.53. The summed E-state index contributed by atoms with van der Waals surface area (Å²) in [5.41, 5.74) is 3.75. The molecule has 2 atom stereocenters. The van der Waals surface area contributed by atoms with E-state index in [4.69, 9.17) is 5.11 Å². The average molecular weight is 270 g/mol. The van der Waals surface area contributed by atoms with Crippen molar-refractivity contribution in [2.75, 3.05) is 13.2 Å². The maximum absolute atomic E-state index is 12.4. The second kappa shape index (κ2) is 4.35. The number of para-hydroxylation sites is 1. The Hall–Kier alpha value is -1.81. The molecule has 0 radical (unpaired) electrons. The molecule has 4 heteroatoms. The van der Waals surface area contributed by atoms with E-state index in [-0.39, 0.29) is 24.5 Å². The monoisotopic (exact) mass is 270 g/mol. The van der Waals surface area contributed by atoms with Crippen molar-refractivity contribution in [2.45, 2.75) is 25.3 Å². The molecule has 2 aliphatic heterocycles. The fourth-order valence-electron chi connectivity index (χ4n) is 3.83. The molecule has 0 aliphatic carbocycles. The number of aromatic nitrogens is 1. The van der Waals surface area contributed by atoms with Crippen LogP contribution in [0.2, 0.25) is 0 Å². The lowest BCUT2D eigenvalue weighted by Gasteiger charge is -2.29. The van der Waals surface area contributed by atoms with E-state index in [2.05, 4.69) is 23.2 Å². The van der Waals surface area contributed by atoms with Gasteiger partial charge in [-0.25, -0.2) is 0 Å². The highest BCUT2D eigenvalue weighted by molar-refractivity contribution is 5.87. The van der Waals surface area contributed by atoms with Crippen LogP contribution in [0.15, 0.2) is 24.3 Å². The Morgan fingerprint density at radius 3 is 3.05 bits per heavy atom. The van der Waals surface area contributed by atoms with Crippen LogP contribution in [0.4, 0.5) is 0 Å². The van der Waals surface area contributed by atoms with Gasteiger partial charge in [-0.2, -0.15) is 0 Å². The molecule has 1 aromatic heterocycles. The zero-order chi connectivity index (χ0) is 13.7. The molecule has 1 amide bonds. The van der Waals surface area contributed by atoms with E-state index in [1.165, 1.54) is 16.6 Å². The van der Waals surface area contributed by atoms with Crippen molar-refractivity contribution in [3.05, 3.63) is 35.5 Å². The molecule has 1 aromatic carbocycles. The Kier molecular flexibility index (Phi) is 2.60. The summed E-state index contributed by atoms with van der Waals surface area (Å²) >= 11 is 0. The molecule has 0 saturated carbocycles. The molecule has 3 heterocycles. The number of aliphatic hydroxyl groups excluding tert-OH is 1. The first-order valence-corrected chi connectivity index (χ1v) is 7.30. The molecule has 1 fully saturated rings. The summed E-state index contributed by atoms with van der Waals surface area (Å²) < 4.78 is 0. The van der Waals surface area contributed by atoms with E-state index in [1.54, 1.807) is 0 Å². The second-order valence-electron chi connectivity index (χ2n) is 5.81. The van der Waals surface area contributed by atoms with Crippen molar-refractivity contribution in [1.82, 2.24) is 9.88 Å². The lowest BCUT2D eigenvalue weighted by Crippen LogP contribution is -2.35. The van der Waals surface area contributed by atoms with Gasteiger partial charge in [0, 0.05) is 35.7 Å². The molecule has 2 aliphatic rings. The lowest BCUT2D eigenvalue weighted by molar-refractivity contribution is -0.132. The average Bonchev–Trinajstić information content (AvgIpc) is 2.99. The number of rotatable bonds is 2. The number of hydrogen-bond donors (Lipinski definition) is 2. The molecule has 4 nitrogen and oxygen atoms in total. The molecular weight excluding hydrogens is 252 g/mol. The van der Waals surface area contributed by atoms with Gasteiger partial charge in [-0.15, -0.1) is 0 Å². The van der Waals surface area contributed by atoms with Crippen molar-refractivity contribution >= 4 is 16.8 Å². The third-order valence-corrected chi connectivity index (χ3v) is 4.78. The third-order valence-electron chi connectivity index (χ3n) is 4.78. The van der Waals surface area contributed by atoms with Crippen LogP contribution in [0.25, 0.3) is 10.9 Å². The van der Waals surface area contributed by atoms with Crippen molar-refractivity contribution in [2.24, 2.45) is 5.92 Å². The lowest BCUT2D eigenvalue weighted by atomic mass is 9.95. The summed E-state index contributed by atoms with van der Waals surface area (Å²) in [4.78, 5) is 17.9. The van der Waals surface area contributed by atoms with Gasteiger partial charge in [-0.3, -0.25) is 4.79 Å². The number of amides is 1. The van der Waals surface area contributed by atoms with Crippen molar-refractivity contribution in [1.29, 1.82) is 0 Å². The minimum absolute atomic E-state index is 0.0117. The van der Waals surface area contributed by atoms with Crippen molar-refractivity contribution < 1.29 is 9.90 Å². The smallest absolute Gasteiger partial charge is 0.226 e. The molecule has 2 aromatic rings. The highest BCUT2D eigenvalue weighted by Crippen LogP contribution is 2.43. The van der Waals surface area contributed by atoms with Gasteiger partial charge in [0.1, 0.15) is 0 Å². The molecule has 20 heavy (non-hydrogen) atoms. The first kappa shape index (κ1) is 12.0. The van der Waals surface area contributed by atoms with Crippen LogP contribution in [0.5, 0.6) is 0 Å². The van der Waals surface area contributed by atoms with Crippen LogP contribution in [-0.4, -0.2) is 34.0 Å². The number of carbonyl (C=O) groups excluding carboxylic acids is 1. The normalized spacial score (nSPS) is 25.1. The van der Waals surface area contributed by atoms with Crippen LogP contribution in [-0.2, 0) is 11.2 Å². The minimum atomic E-state index is -0.0117. The Balaban J connectivity index is 1.78. The molecule has 1 unspecified atom stereocenters. The number of hydrogen-bond acceptors (Lipinski definition) is 2. The fraction of sp³-hybridized carbons (Fsp3) is 0.438. The number of carbonyl (C=O) groups is 1. The summed E-state index contributed by atoms with van der Waals surface area (Å²) in [7, 11) is 0. The zero-order valence-corrected chi connectivity index (χ0v) is 11.3. The number of nitrogens with one attached hydrogen (secondary N) is 1. The Morgan fingerprint density at radius 1 is 1.35 bits per heavy atom. The number of fused-ring (bicyclic) bond motifs is 5. The maximum atomic E-state index is 12.4. The van der Waals surface area contributed by atoms with Gasteiger partial charge >= 0.3 is 0 Å². The largest absolute Gasteiger partial charge is 0.396 e. The molecular formula is C16H18N2O2. The number of nitrogens with zero attached hydrogens (tertiary/aromatic N) is 1. The molecule has 0 spiro atoms. The van der Waals surface area contributed by atoms with Crippen LogP contribution < -0.4 is 0 Å². The standard InChI is InChI=1S/C16H18N2O2/c19-8-6-10-9-14-15-12(5-7-18(14)16(10)20)11-3-1-2-4-13(11)17-15/h1-4,10,14,17,19H,5-9H2/t10?,14-/m1/s1. The molecule has 0 bridgehead atoms. The predicted molar refractivity (Wildman–Crippen MR) is 76.3 cm³/mol. The number of H-pyrrole nitrogens is 1.